The number of ether oxygens (including phenoxy) is 2. The largest absolute Gasteiger partial charge is 0.393 e. The highest BCUT2D eigenvalue weighted by molar-refractivity contribution is 4.85. The van der Waals surface area contributed by atoms with E-state index in [-0.39, 0.29) is 12.2 Å². The number of rotatable bonds is 3. The van der Waals surface area contributed by atoms with E-state index in [1.807, 2.05) is 20.8 Å². The molecule has 13 heavy (non-hydrogen) atoms. The quantitative estimate of drug-likeness (QED) is 0.732. The molecule has 3 nitrogen and oxygen atoms in total. The molecule has 78 valence electrons. The summed E-state index contributed by atoms with van der Waals surface area (Å²) in [6, 6.07) is 0. The highest BCUT2D eigenvalue weighted by Gasteiger charge is 2.41. The molecule has 1 saturated heterocycles. The van der Waals surface area contributed by atoms with Gasteiger partial charge >= 0.3 is 0 Å². The summed E-state index contributed by atoms with van der Waals surface area (Å²) in [7, 11) is 0. The van der Waals surface area contributed by atoms with Gasteiger partial charge < -0.3 is 14.6 Å². The van der Waals surface area contributed by atoms with E-state index in [1.165, 1.54) is 0 Å². The fourth-order valence-corrected chi connectivity index (χ4v) is 1.64. The first-order chi connectivity index (χ1) is 6.10. The van der Waals surface area contributed by atoms with Crippen LogP contribution in [0.3, 0.4) is 0 Å². The van der Waals surface area contributed by atoms with E-state index in [0.717, 1.165) is 19.3 Å². The zero-order chi connectivity index (χ0) is 9.95. The van der Waals surface area contributed by atoms with E-state index in [0.29, 0.717) is 6.61 Å². The molecule has 1 heterocycles. The minimum absolute atomic E-state index is 0.0858. The average molecular weight is 188 g/mol. The molecular weight excluding hydrogens is 168 g/mol. The van der Waals surface area contributed by atoms with Crippen LogP contribution in [0.4, 0.5) is 0 Å². The van der Waals surface area contributed by atoms with Crippen molar-refractivity contribution in [1.29, 1.82) is 0 Å². The lowest BCUT2D eigenvalue weighted by molar-refractivity contribution is -0.327. The number of aliphatic hydroxyl groups is 1. The molecule has 0 bridgehead atoms. The van der Waals surface area contributed by atoms with Gasteiger partial charge in [0.1, 0.15) is 0 Å². The van der Waals surface area contributed by atoms with Gasteiger partial charge in [0.2, 0.25) is 0 Å². The van der Waals surface area contributed by atoms with Gasteiger partial charge in [0.15, 0.2) is 5.79 Å². The highest BCUT2D eigenvalue weighted by Crippen LogP contribution is 2.34. The minimum Gasteiger partial charge on any atom is -0.393 e. The maximum atomic E-state index is 9.29. The summed E-state index contributed by atoms with van der Waals surface area (Å²) in [4.78, 5) is 0. The molecule has 1 aliphatic heterocycles. The first-order valence-corrected chi connectivity index (χ1v) is 5.05. The van der Waals surface area contributed by atoms with Crippen molar-refractivity contribution < 1.29 is 14.6 Å². The lowest BCUT2D eigenvalue weighted by Crippen LogP contribution is -2.51. The van der Waals surface area contributed by atoms with Gasteiger partial charge in [-0.1, -0.05) is 13.8 Å². The Bertz CT molecular complexity index is 166. The second-order valence-electron chi connectivity index (χ2n) is 3.88. The first-order valence-electron chi connectivity index (χ1n) is 5.05. The topological polar surface area (TPSA) is 38.7 Å². The smallest absolute Gasteiger partial charge is 0.166 e. The molecule has 0 saturated carbocycles. The van der Waals surface area contributed by atoms with Crippen molar-refractivity contribution in [2.75, 3.05) is 13.2 Å². The Kier molecular flexibility index (Phi) is 3.33. The number of hydrogen-bond donors (Lipinski definition) is 1. The van der Waals surface area contributed by atoms with Crippen molar-refractivity contribution in [3.8, 4) is 0 Å². The Morgan fingerprint density at radius 1 is 1.31 bits per heavy atom. The van der Waals surface area contributed by atoms with E-state index in [2.05, 4.69) is 0 Å². The summed E-state index contributed by atoms with van der Waals surface area (Å²) in [6.07, 6.45) is 2.44. The average Bonchev–Trinajstić information content (AvgIpc) is 2.18. The summed E-state index contributed by atoms with van der Waals surface area (Å²) < 4.78 is 11.4. The van der Waals surface area contributed by atoms with E-state index in [1.54, 1.807) is 0 Å². The third-order valence-electron chi connectivity index (χ3n) is 2.97. The van der Waals surface area contributed by atoms with E-state index < -0.39 is 5.79 Å². The summed E-state index contributed by atoms with van der Waals surface area (Å²) in [6.45, 7) is 6.77. The van der Waals surface area contributed by atoms with Crippen molar-refractivity contribution in [3.63, 3.8) is 0 Å². The van der Waals surface area contributed by atoms with Crippen LogP contribution in [0, 0.1) is 0 Å². The fraction of sp³-hybridized carbons (Fsp3) is 1.00. The third-order valence-corrected chi connectivity index (χ3v) is 2.97. The van der Waals surface area contributed by atoms with Crippen molar-refractivity contribution in [2.24, 2.45) is 0 Å². The predicted molar refractivity (Wildman–Crippen MR) is 50.5 cm³/mol. The molecule has 1 rings (SSSR count). The fourth-order valence-electron chi connectivity index (χ4n) is 1.64. The number of hydrogen-bond acceptors (Lipinski definition) is 3. The molecule has 0 amide bonds. The van der Waals surface area contributed by atoms with Crippen LogP contribution in [-0.2, 0) is 9.47 Å². The zero-order valence-electron chi connectivity index (χ0n) is 8.80. The molecule has 1 aliphatic rings. The molecule has 2 unspecified atom stereocenters. The van der Waals surface area contributed by atoms with Gasteiger partial charge in [0.05, 0.1) is 18.8 Å². The molecule has 0 aromatic heterocycles. The second kappa shape index (κ2) is 3.95. The Labute approximate surface area is 80.0 Å². The molecular formula is C10H20O3. The molecule has 2 atom stereocenters. The maximum Gasteiger partial charge on any atom is 0.166 e. The molecule has 1 N–H and O–H groups in total. The molecule has 0 aromatic carbocycles. The van der Waals surface area contributed by atoms with E-state index in [9.17, 15) is 5.11 Å². The molecule has 3 heteroatoms. The second-order valence-corrected chi connectivity index (χ2v) is 3.88. The standard InChI is InChI=1S/C10H20O3/c1-4-9(3)12-7-6-10(5-2,8-11)13-9/h11H,4-8H2,1-3H3. The van der Waals surface area contributed by atoms with Crippen LogP contribution in [0.1, 0.15) is 40.0 Å². The maximum absolute atomic E-state index is 9.29. The van der Waals surface area contributed by atoms with Crippen LogP contribution in [-0.4, -0.2) is 29.7 Å². The normalized spacial score (nSPS) is 40.6. The highest BCUT2D eigenvalue weighted by atomic mass is 16.7. The van der Waals surface area contributed by atoms with Gasteiger partial charge in [-0.3, -0.25) is 0 Å². The van der Waals surface area contributed by atoms with Crippen LogP contribution in [0.5, 0.6) is 0 Å². The predicted octanol–water partition coefficient (Wildman–Crippen LogP) is 1.69. The third kappa shape index (κ3) is 2.22. The van der Waals surface area contributed by atoms with Crippen molar-refractivity contribution in [1.82, 2.24) is 0 Å². The van der Waals surface area contributed by atoms with Crippen LogP contribution in [0.15, 0.2) is 0 Å². The van der Waals surface area contributed by atoms with E-state index >= 15 is 0 Å². The Hall–Kier alpha value is -0.120. The Morgan fingerprint density at radius 3 is 2.46 bits per heavy atom. The summed E-state index contributed by atoms with van der Waals surface area (Å²) in [5, 5.41) is 9.29. The van der Waals surface area contributed by atoms with Crippen LogP contribution in [0.25, 0.3) is 0 Å². The number of aliphatic hydroxyl groups excluding tert-OH is 1. The summed E-state index contributed by atoms with van der Waals surface area (Å²) in [5.74, 6) is -0.503. The molecule has 1 fully saturated rings. The van der Waals surface area contributed by atoms with Gasteiger partial charge in [-0.05, 0) is 19.8 Å². The summed E-state index contributed by atoms with van der Waals surface area (Å²) in [5.41, 5.74) is -0.372. The SMILES string of the molecule is CCC1(CO)CCOC(C)(CC)O1. The minimum atomic E-state index is -0.503. The Morgan fingerprint density at radius 2 is 2.00 bits per heavy atom. The molecule has 0 radical (unpaired) electrons. The van der Waals surface area contributed by atoms with Crippen LogP contribution < -0.4 is 0 Å². The van der Waals surface area contributed by atoms with Gasteiger partial charge in [-0.25, -0.2) is 0 Å². The van der Waals surface area contributed by atoms with Gasteiger partial charge in [0, 0.05) is 6.42 Å². The lowest BCUT2D eigenvalue weighted by Gasteiger charge is -2.45. The van der Waals surface area contributed by atoms with Crippen molar-refractivity contribution in [2.45, 2.75) is 51.4 Å². The zero-order valence-corrected chi connectivity index (χ0v) is 8.80. The van der Waals surface area contributed by atoms with Gasteiger partial charge in [0.25, 0.3) is 0 Å². The van der Waals surface area contributed by atoms with Crippen molar-refractivity contribution in [3.05, 3.63) is 0 Å². The molecule has 0 aliphatic carbocycles. The van der Waals surface area contributed by atoms with Gasteiger partial charge in [-0.2, -0.15) is 0 Å². The molecule has 0 spiro atoms. The Balaban J connectivity index is 2.69. The molecule has 0 aromatic rings. The van der Waals surface area contributed by atoms with Crippen LogP contribution in [0.2, 0.25) is 0 Å². The van der Waals surface area contributed by atoms with E-state index in [4.69, 9.17) is 9.47 Å². The monoisotopic (exact) mass is 188 g/mol. The van der Waals surface area contributed by atoms with Gasteiger partial charge in [-0.15, -0.1) is 0 Å². The van der Waals surface area contributed by atoms with Crippen LogP contribution >= 0.6 is 0 Å². The lowest BCUT2D eigenvalue weighted by atomic mass is 9.95. The summed E-state index contributed by atoms with van der Waals surface area (Å²) >= 11 is 0. The first kappa shape index (κ1) is 11.0. The van der Waals surface area contributed by atoms with Crippen molar-refractivity contribution >= 4 is 0 Å².